The summed E-state index contributed by atoms with van der Waals surface area (Å²) >= 11 is 0. The van der Waals surface area contributed by atoms with Gasteiger partial charge in [0, 0.05) is 24.0 Å². The predicted octanol–water partition coefficient (Wildman–Crippen LogP) is 9.23. The first-order valence-electron chi connectivity index (χ1n) is 18.2. The summed E-state index contributed by atoms with van der Waals surface area (Å²) in [6.45, 7) is -3.26. The Hall–Kier alpha value is -4.69. The van der Waals surface area contributed by atoms with Crippen LogP contribution in [0, 0.1) is 0 Å². The average Bonchev–Trinajstić information content (AvgIpc) is 3.50. The molecule has 176 valence electrons. The minimum absolute atomic E-state index is 0.0908. The molecule has 0 saturated heterocycles. The number of rotatable bonds is 4. The molecule has 0 radical (unpaired) electrons. The molecule has 0 saturated carbocycles. The summed E-state index contributed by atoms with van der Waals surface area (Å²) < 4.78 is 115. The normalized spacial score (nSPS) is 17.2. The Morgan fingerprint density at radius 3 is 2.05 bits per heavy atom. The van der Waals surface area contributed by atoms with E-state index in [0.717, 1.165) is 15.7 Å². The molecule has 37 heavy (non-hydrogen) atoms. The van der Waals surface area contributed by atoms with Gasteiger partial charge in [-0.05, 0) is 51.2 Å². The van der Waals surface area contributed by atoms with Crippen molar-refractivity contribution < 1.29 is 17.8 Å². The molecule has 6 aromatic carbocycles. The van der Waals surface area contributed by atoms with E-state index in [9.17, 15) is 5.48 Å². The van der Waals surface area contributed by atoms with Crippen LogP contribution in [0.3, 0.4) is 0 Å². The summed E-state index contributed by atoms with van der Waals surface area (Å²) in [5.41, 5.74) is 2.18. The van der Waals surface area contributed by atoms with Crippen molar-refractivity contribution >= 4 is 32.6 Å². The summed E-state index contributed by atoms with van der Waals surface area (Å²) in [4.78, 5) is 4.39. The van der Waals surface area contributed by atoms with Gasteiger partial charge in [0.1, 0.15) is 5.82 Å². The van der Waals surface area contributed by atoms with Gasteiger partial charge < -0.3 is 0 Å². The fourth-order valence-electron chi connectivity index (χ4n) is 4.94. The maximum absolute atomic E-state index is 9.24. The average molecular weight is 488 g/mol. The molecule has 0 unspecified atom stereocenters. The number of aromatic nitrogens is 2. The number of fused-ring (bicyclic) bond motifs is 3. The molecule has 1 heterocycles. The molecule has 0 amide bonds. The molecule has 0 aliphatic carbocycles. The van der Waals surface area contributed by atoms with E-state index < -0.39 is 67.4 Å². The van der Waals surface area contributed by atoms with E-state index in [1.54, 1.807) is 30.3 Å². The quantitative estimate of drug-likeness (QED) is 0.226. The molecular weight excluding hydrogens is 448 g/mol. The minimum Gasteiger partial charge on any atom is -0.295 e. The Morgan fingerprint density at radius 2 is 1.32 bits per heavy atom. The summed E-state index contributed by atoms with van der Waals surface area (Å²) in [6.07, 6.45) is -3.12. The number of nitrogens with zero attached hydrogens (tertiary/aromatic N) is 2. The number of hydrogen-bond donors (Lipinski definition) is 0. The number of imidazole rings is 1. The summed E-state index contributed by atoms with van der Waals surface area (Å²) in [6, 6.07) is 18.1. The van der Waals surface area contributed by atoms with Gasteiger partial charge in [0.2, 0.25) is 0 Å². The number of para-hydroxylation sites is 2. The molecule has 0 N–H and O–H groups in total. The van der Waals surface area contributed by atoms with Crippen molar-refractivity contribution in [1.82, 2.24) is 9.55 Å². The van der Waals surface area contributed by atoms with E-state index in [-0.39, 0.29) is 43.8 Å². The Balaban J connectivity index is 1.82. The second kappa shape index (κ2) is 8.76. The fraction of sp³-hybridized carbons (Fsp3) is 0.0571. The highest BCUT2D eigenvalue weighted by Gasteiger charge is 2.20. The van der Waals surface area contributed by atoms with Crippen LogP contribution in [-0.4, -0.2) is 9.55 Å². The van der Waals surface area contributed by atoms with Crippen LogP contribution in [0.25, 0.3) is 60.5 Å². The van der Waals surface area contributed by atoms with Gasteiger partial charge in [0.05, 0.1) is 27.7 Å². The first-order chi connectivity index (χ1) is 23.6. The van der Waals surface area contributed by atoms with Gasteiger partial charge in [-0.3, -0.25) is 4.57 Å². The molecule has 2 nitrogen and oxygen atoms in total. The van der Waals surface area contributed by atoms with E-state index in [2.05, 4.69) is 4.98 Å². The molecule has 1 aromatic heterocycles. The van der Waals surface area contributed by atoms with Crippen LogP contribution in [0.2, 0.25) is 0 Å². The maximum Gasteiger partial charge on any atom is 0.114 e. The monoisotopic (exact) mass is 487 g/mol. The van der Waals surface area contributed by atoms with Crippen LogP contribution in [0.5, 0.6) is 0 Å². The molecule has 0 bridgehead atoms. The van der Waals surface area contributed by atoms with E-state index >= 15 is 0 Å². The largest absolute Gasteiger partial charge is 0.295 e. The van der Waals surface area contributed by atoms with Crippen molar-refractivity contribution in [2.24, 2.45) is 0 Å². The Morgan fingerprint density at radius 1 is 0.703 bits per heavy atom. The number of aryl methyl sites for hydroxylation is 1. The standard InChI is InChI=1S/C35H26N2/c1-2-33-36-31-21-10-11-22-32(31)37(33)35-29-19-8-6-17-27(29)34(28-18-7-9-20-30(28)35)26-16-12-15-25(23-26)24-13-4-3-5-14-24/h3-23H,2H2,1H3/i1D3,2D2,6D,7D,8D,9D,17D,18D,19D,20D. The van der Waals surface area contributed by atoms with Crippen LogP contribution in [0.1, 0.15) is 30.5 Å². The van der Waals surface area contributed by atoms with E-state index in [4.69, 9.17) is 12.3 Å². The minimum atomic E-state index is -3.26. The first kappa shape index (κ1) is 12.0. The Bertz CT molecular complexity index is 2460. The van der Waals surface area contributed by atoms with Crippen molar-refractivity contribution in [3.8, 4) is 27.9 Å². The lowest BCUT2D eigenvalue weighted by Crippen LogP contribution is -2.03. The number of hydrogen-bond acceptors (Lipinski definition) is 1. The van der Waals surface area contributed by atoms with Crippen LogP contribution < -0.4 is 0 Å². The van der Waals surface area contributed by atoms with Gasteiger partial charge in [-0.2, -0.15) is 0 Å². The van der Waals surface area contributed by atoms with E-state index in [0.29, 0.717) is 5.56 Å². The van der Waals surface area contributed by atoms with Crippen LogP contribution in [0.15, 0.2) is 127 Å². The van der Waals surface area contributed by atoms with E-state index in [1.807, 2.05) is 36.4 Å². The van der Waals surface area contributed by atoms with Gasteiger partial charge in [-0.15, -0.1) is 0 Å². The van der Waals surface area contributed by atoms with Crippen LogP contribution in [-0.2, 0) is 6.37 Å². The van der Waals surface area contributed by atoms with Crippen molar-refractivity contribution in [3.05, 3.63) is 133 Å². The molecule has 0 atom stereocenters. The third kappa shape index (κ3) is 3.45. The second-order valence-corrected chi connectivity index (χ2v) is 8.55. The van der Waals surface area contributed by atoms with Crippen molar-refractivity contribution in [3.63, 3.8) is 0 Å². The molecule has 0 spiro atoms. The summed E-state index contributed by atoms with van der Waals surface area (Å²) in [7, 11) is 0. The van der Waals surface area contributed by atoms with Crippen molar-refractivity contribution in [2.75, 3.05) is 0 Å². The van der Waals surface area contributed by atoms with Crippen molar-refractivity contribution in [2.45, 2.75) is 13.2 Å². The lowest BCUT2D eigenvalue weighted by atomic mass is 9.89. The number of benzene rings is 6. The lowest BCUT2D eigenvalue weighted by Gasteiger charge is -2.20. The molecule has 0 aliphatic heterocycles. The van der Waals surface area contributed by atoms with Gasteiger partial charge in [-0.25, -0.2) is 4.98 Å². The smallest absolute Gasteiger partial charge is 0.114 e. The highest BCUT2D eigenvalue weighted by Crippen LogP contribution is 2.42. The Labute approximate surface area is 234 Å². The molecule has 2 heteroatoms. The SMILES string of the molecule is [2H]c1c([2H])c([2H])c2c(-n3c(C([2H])([2H])C([2H])([2H])[2H])nc4ccccc43)c3c([2H])c([2H])c([2H])c([2H])c3c(-c3cccc(-c4ccccc4)c3)c2c1[2H]. The molecular formula is C35H26N2. The highest BCUT2D eigenvalue weighted by molar-refractivity contribution is 6.18. The van der Waals surface area contributed by atoms with Gasteiger partial charge in [0.15, 0.2) is 0 Å². The zero-order valence-electron chi connectivity index (χ0n) is 32.4. The lowest BCUT2D eigenvalue weighted by molar-refractivity contribution is 0.917. The third-order valence-corrected chi connectivity index (χ3v) is 6.50. The third-order valence-electron chi connectivity index (χ3n) is 6.50. The molecule has 7 rings (SSSR count). The molecule has 0 fully saturated rings. The molecule has 0 aliphatic rings. The first-order valence-corrected chi connectivity index (χ1v) is 11.7. The van der Waals surface area contributed by atoms with Crippen LogP contribution in [0.4, 0.5) is 0 Å². The van der Waals surface area contributed by atoms with E-state index in [1.165, 1.54) is 12.1 Å². The maximum atomic E-state index is 9.24. The second-order valence-electron chi connectivity index (χ2n) is 8.55. The summed E-state index contributed by atoms with van der Waals surface area (Å²) in [5.74, 6) is -0.625. The fourth-order valence-corrected chi connectivity index (χ4v) is 4.94. The van der Waals surface area contributed by atoms with Gasteiger partial charge in [0.25, 0.3) is 0 Å². The highest BCUT2D eigenvalue weighted by atomic mass is 15.1. The van der Waals surface area contributed by atoms with Crippen molar-refractivity contribution in [1.29, 1.82) is 0 Å². The Kier molecular flexibility index (Phi) is 2.85. The topological polar surface area (TPSA) is 17.8 Å². The van der Waals surface area contributed by atoms with Gasteiger partial charge >= 0.3 is 0 Å². The van der Waals surface area contributed by atoms with Gasteiger partial charge in [-0.1, -0.05) is 116 Å². The molecule has 7 aromatic rings. The zero-order chi connectivity index (χ0) is 36.0. The van der Waals surface area contributed by atoms with Crippen LogP contribution >= 0.6 is 0 Å². The zero-order valence-corrected chi connectivity index (χ0v) is 19.4. The predicted molar refractivity (Wildman–Crippen MR) is 156 cm³/mol. The summed E-state index contributed by atoms with van der Waals surface area (Å²) in [5, 5.41) is -0.572.